The number of hydrogen-bond acceptors (Lipinski definition) is 3. The Labute approximate surface area is 113 Å². The number of nitrogens with one attached hydrogen (secondary N) is 1. The van der Waals surface area contributed by atoms with Crippen LogP contribution in [0.5, 0.6) is 5.75 Å². The molecule has 0 radical (unpaired) electrons. The summed E-state index contributed by atoms with van der Waals surface area (Å²) in [5, 5.41) is 2.14. The average Bonchev–Trinajstić information content (AvgIpc) is 2.32. The Morgan fingerprint density at radius 1 is 1.50 bits per heavy atom. The molecule has 0 aliphatic heterocycles. The smallest absolute Gasteiger partial charge is 0.410 e. The van der Waals surface area contributed by atoms with Crippen LogP contribution in [0.1, 0.15) is 25.3 Å². The molecule has 0 aliphatic rings. The summed E-state index contributed by atoms with van der Waals surface area (Å²) in [5.41, 5.74) is 1.23. The molecule has 96 valence electrons. The summed E-state index contributed by atoms with van der Waals surface area (Å²) in [6, 6.07) is 7.45. The summed E-state index contributed by atoms with van der Waals surface area (Å²) in [6.45, 7) is 2.12. The molecule has 0 saturated carbocycles. The number of hydrogen-bond donors (Lipinski definition) is 2. The van der Waals surface area contributed by atoms with Gasteiger partial charge < -0.3 is 10.1 Å². The molecule has 1 aromatic carbocycles. The molecule has 4 heteroatoms. The molecule has 1 N–H and O–H groups in total. The molecule has 0 bridgehead atoms. The minimum absolute atomic E-state index is 0.355. The van der Waals surface area contributed by atoms with Crippen molar-refractivity contribution in [3.63, 3.8) is 0 Å². The Bertz CT molecular complexity index is 422. The first-order valence-corrected chi connectivity index (χ1v) is 6.36. The lowest BCUT2D eigenvalue weighted by Crippen LogP contribution is -2.33. The number of ether oxygens (including phenoxy) is 1. The fourth-order valence-electron chi connectivity index (χ4n) is 1.45. The fraction of sp³-hybridized carbons (Fsp3) is 0.357. The van der Waals surface area contributed by atoms with Crippen LogP contribution in [0.4, 0.5) is 4.79 Å². The van der Waals surface area contributed by atoms with Gasteiger partial charge in [-0.1, -0.05) is 25.5 Å². The molecule has 1 amide bonds. The van der Waals surface area contributed by atoms with Crippen LogP contribution in [0.15, 0.2) is 24.3 Å². The van der Waals surface area contributed by atoms with E-state index in [0.717, 1.165) is 12.8 Å². The molecule has 0 aliphatic carbocycles. The predicted octanol–water partition coefficient (Wildman–Crippen LogP) is 3.01. The van der Waals surface area contributed by atoms with Gasteiger partial charge in [0.25, 0.3) is 0 Å². The van der Waals surface area contributed by atoms with Crippen molar-refractivity contribution in [2.75, 3.05) is 0 Å². The van der Waals surface area contributed by atoms with Gasteiger partial charge in [0.2, 0.25) is 0 Å². The van der Waals surface area contributed by atoms with Crippen molar-refractivity contribution in [2.45, 2.75) is 31.6 Å². The van der Waals surface area contributed by atoms with Crippen LogP contribution >= 0.6 is 12.6 Å². The SMILES string of the molecule is C#CCC(S)NC(=O)Oc1ccc(CCC)cc1. The summed E-state index contributed by atoms with van der Waals surface area (Å²) in [4.78, 5) is 11.5. The Balaban J connectivity index is 2.47. The molecule has 1 unspecified atom stereocenters. The topological polar surface area (TPSA) is 38.3 Å². The van der Waals surface area contributed by atoms with Gasteiger partial charge in [-0.15, -0.1) is 12.3 Å². The molecular formula is C14H17NO2S. The first-order valence-electron chi connectivity index (χ1n) is 5.84. The van der Waals surface area contributed by atoms with Gasteiger partial charge in [-0.2, -0.15) is 12.6 Å². The molecule has 3 nitrogen and oxygen atoms in total. The van der Waals surface area contributed by atoms with Crippen LogP contribution in [0, 0.1) is 12.3 Å². The molecule has 1 rings (SSSR count). The highest BCUT2D eigenvalue weighted by molar-refractivity contribution is 7.80. The summed E-state index contributed by atoms with van der Waals surface area (Å²) in [7, 11) is 0. The van der Waals surface area contributed by atoms with E-state index in [4.69, 9.17) is 11.2 Å². The van der Waals surface area contributed by atoms with Crippen LogP contribution in [0.2, 0.25) is 0 Å². The van der Waals surface area contributed by atoms with E-state index in [9.17, 15) is 4.79 Å². The third-order valence-corrected chi connectivity index (χ3v) is 2.58. The lowest BCUT2D eigenvalue weighted by molar-refractivity contribution is 0.200. The summed E-state index contributed by atoms with van der Waals surface area (Å²) in [6.07, 6.45) is 7.03. The highest BCUT2D eigenvalue weighted by Gasteiger charge is 2.08. The maximum atomic E-state index is 11.5. The molecule has 0 heterocycles. The van der Waals surface area contributed by atoms with E-state index in [1.54, 1.807) is 12.1 Å². The second-order valence-electron chi connectivity index (χ2n) is 3.85. The van der Waals surface area contributed by atoms with Crippen LogP contribution in [-0.2, 0) is 6.42 Å². The largest absolute Gasteiger partial charge is 0.413 e. The van der Waals surface area contributed by atoms with Gasteiger partial charge >= 0.3 is 6.09 Å². The minimum atomic E-state index is -0.548. The monoisotopic (exact) mass is 263 g/mol. The van der Waals surface area contributed by atoms with Crippen molar-refractivity contribution in [1.82, 2.24) is 5.32 Å². The standard InChI is InChI=1S/C14H17NO2S/c1-3-5-11-7-9-12(10-8-11)17-14(16)15-13(18)6-4-2/h2,7-10,13,18H,3,5-6H2,1H3,(H,15,16). The Kier molecular flexibility index (Phi) is 6.16. The third kappa shape index (κ3) is 5.15. The highest BCUT2D eigenvalue weighted by Crippen LogP contribution is 2.13. The number of thiol groups is 1. The number of benzene rings is 1. The number of rotatable bonds is 5. The highest BCUT2D eigenvalue weighted by atomic mass is 32.1. The van der Waals surface area contributed by atoms with Gasteiger partial charge in [0.15, 0.2) is 0 Å². The number of carbonyl (C=O) groups excluding carboxylic acids is 1. The van der Waals surface area contributed by atoms with Crippen molar-refractivity contribution in [3.8, 4) is 18.1 Å². The summed E-state index contributed by atoms with van der Waals surface area (Å²) >= 11 is 4.11. The van der Waals surface area contributed by atoms with Crippen LogP contribution in [0.3, 0.4) is 0 Å². The molecule has 0 spiro atoms. The second-order valence-corrected chi connectivity index (χ2v) is 4.48. The summed E-state index contributed by atoms with van der Waals surface area (Å²) < 4.78 is 5.10. The van der Waals surface area contributed by atoms with Crippen LogP contribution in [0.25, 0.3) is 0 Å². The normalized spacial score (nSPS) is 11.4. The van der Waals surface area contributed by atoms with E-state index in [1.807, 2.05) is 12.1 Å². The van der Waals surface area contributed by atoms with Crippen molar-refractivity contribution >= 4 is 18.7 Å². The number of amides is 1. The van der Waals surface area contributed by atoms with Gasteiger partial charge in [0.1, 0.15) is 5.75 Å². The number of terminal acetylenes is 1. The number of aryl methyl sites for hydroxylation is 1. The van der Waals surface area contributed by atoms with Crippen molar-refractivity contribution in [3.05, 3.63) is 29.8 Å². The van der Waals surface area contributed by atoms with E-state index in [0.29, 0.717) is 12.2 Å². The minimum Gasteiger partial charge on any atom is -0.410 e. The molecular weight excluding hydrogens is 246 g/mol. The first-order chi connectivity index (χ1) is 8.65. The average molecular weight is 263 g/mol. The van der Waals surface area contributed by atoms with E-state index in [1.165, 1.54) is 5.56 Å². The Hall–Kier alpha value is -1.60. The number of carbonyl (C=O) groups is 1. The zero-order valence-electron chi connectivity index (χ0n) is 10.3. The molecule has 18 heavy (non-hydrogen) atoms. The maximum Gasteiger partial charge on any atom is 0.413 e. The first kappa shape index (κ1) is 14.5. The van der Waals surface area contributed by atoms with E-state index < -0.39 is 6.09 Å². The van der Waals surface area contributed by atoms with Gasteiger partial charge in [0.05, 0.1) is 5.37 Å². The van der Waals surface area contributed by atoms with Gasteiger partial charge in [0, 0.05) is 6.42 Å². The molecule has 0 fully saturated rings. The van der Waals surface area contributed by atoms with E-state index in [2.05, 4.69) is 30.8 Å². The van der Waals surface area contributed by atoms with E-state index >= 15 is 0 Å². The lowest BCUT2D eigenvalue weighted by Gasteiger charge is -2.10. The van der Waals surface area contributed by atoms with Crippen LogP contribution < -0.4 is 10.1 Å². The molecule has 1 atom stereocenters. The van der Waals surface area contributed by atoms with Gasteiger partial charge in [-0.25, -0.2) is 4.79 Å². The zero-order valence-corrected chi connectivity index (χ0v) is 11.2. The Morgan fingerprint density at radius 3 is 2.72 bits per heavy atom. The fourth-order valence-corrected chi connectivity index (χ4v) is 1.66. The van der Waals surface area contributed by atoms with Crippen molar-refractivity contribution < 1.29 is 9.53 Å². The van der Waals surface area contributed by atoms with Crippen LogP contribution in [-0.4, -0.2) is 11.5 Å². The van der Waals surface area contributed by atoms with Crippen molar-refractivity contribution in [2.24, 2.45) is 0 Å². The lowest BCUT2D eigenvalue weighted by atomic mass is 10.1. The maximum absolute atomic E-state index is 11.5. The summed E-state index contributed by atoms with van der Waals surface area (Å²) in [5.74, 6) is 2.92. The molecule has 0 aromatic heterocycles. The Morgan fingerprint density at radius 2 is 2.17 bits per heavy atom. The molecule has 0 saturated heterocycles. The van der Waals surface area contributed by atoms with E-state index in [-0.39, 0.29) is 5.37 Å². The third-order valence-electron chi connectivity index (χ3n) is 2.27. The zero-order chi connectivity index (χ0) is 13.4. The molecule has 1 aromatic rings. The quantitative estimate of drug-likeness (QED) is 0.487. The van der Waals surface area contributed by atoms with Gasteiger partial charge in [-0.05, 0) is 24.1 Å². The van der Waals surface area contributed by atoms with Crippen molar-refractivity contribution in [1.29, 1.82) is 0 Å². The predicted molar refractivity (Wildman–Crippen MR) is 75.8 cm³/mol. The second kappa shape index (κ2) is 7.67. The van der Waals surface area contributed by atoms with Gasteiger partial charge in [-0.3, -0.25) is 0 Å².